The Morgan fingerprint density at radius 2 is 1.58 bits per heavy atom. The highest BCUT2D eigenvalue weighted by molar-refractivity contribution is 6.90. The van der Waals surface area contributed by atoms with Gasteiger partial charge in [-0.15, -0.1) is 0 Å². The molecule has 2 nitrogen and oxygen atoms in total. The first-order valence-corrected chi connectivity index (χ1v) is 11.8. The van der Waals surface area contributed by atoms with E-state index in [1.54, 1.807) is 0 Å². The van der Waals surface area contributed by atoms with Crippen molar-refractivity contribution in [2.45, 2.75) is 38.3 Å². The molecular formula is C21H28O2Si. The predicted molar refractivity (Wildman–Crippen MR) is 104 cm³/mol. The number of hydrogen-bond donors (Lipinski definition) is 1. The third-order valence-electron chi connectivity index (χ3n) is 4.32. The second-order valence-corrected chi connectivity index (χ2v) is 11.4. The quantitative estimate of drug-likeness (QED) is 0.573. The summed E-state index contributed by atoms with van der Waals surface area (Å²) in [7, 11) is -1.51. The van der Waals surface area contributed by atoms with Crippen LogP contribution in [0.4, 0.5) is 0 Å². The monoisotopic (exact) mass is 340 g/mol. The van der Waals surface area contributed by atoms with Crippen molar-refractivity contribution in [1.29, 1.82) is 0 Å². The van der Waals surface area contributed by atoms with Crippen LogP contribution in [0.3, 0.4) is 0 Å². The van der Waals surface area contributed by atoms with Crippen LogP contribution in [0, 0.1) is 0 Å². The lowest BCUT2D eigenvalue weighted by atomic mass is 10.0. The zero-order chi connectivity index (χ0) is 17.4. The Bertz CT molecular complexity index is 623. The Balaban J connectivity index is 2.06. The Hall–Kier alpha value is -1.68. The van der Waals surface area contributed by atoms with Crippen LogP contribution in [0.2, 0.25) is 19.1 Å². The molecule has 0 bridgehead atoms. The average Bonchev–Trinajstić information content (AvgIpc) is 2.62. The number of hydrogen-bond acceptors (Lipinski definition) is 2. The number of aliphatic hydroxyl groups is 1. The zero-order valence-electron chi connectivity index (χ0n) is 14.9. The molecular weight excluding hydrogens is 312 g/mol. The van der Waals surface area contributed by atoms with Crippen molar-refractivity contribution < 1.29 is 9.84 Å². The second kappa shape index (κ2) is 8.97. The van der Waals surface area contributed by atoms with E-state index in [0.717, 1.165) is 11.6 Å². The van der Waals surface area contributed by atoms with Crippen LogP contribution < -0.4 is 5.19 Å². The number of aliphatic hydroxyl groups excluding tert-OH is 1. The lowest BCUT2D eigenvalue weighted by Crippen LogP contribution is -2.40. The summed E-state index contributed by atoms with van der Waals surface area (Å²) < 4.78 is 5.76. The van der Waals surface area contributed by atoms with E-state index in [-0.39, 0.29) is 6.10 Å². The highest BCUT2D eigenvalue weighted by Crippen LogP contribution is 2.21. The maximum atomic E-state index is 10.6. The lowest BCUT2D eigenvalue weighted by Gasteiger charge is -2.23. The fourth-order valence-electron chi connectivity index (χ4n) is 2.79. The molecule has 0 aromatic heterocycles. The summed E-state index contributed by atoms with van der Waals surface area (Å²) >= 11 is 0. The van der Waals surface area contributed by atoms with Crippen LogP contribution in [0.5, 0.6) is 0 Å². The van der Waals surface area contributed by atoms with Crippen molar-refractivity contribution in [2.75, 3.05) is 6.61 Å². The minimum atomic E-state index is -1.51. The van der Waals surface area contributed by atoms with E-state index in [0.29, 0.717) is 6.61 Å². The van der Waals surface area contributed by atoms with Crippen LogP contribution in [-0.4, -0.2) is 25.9 Å². The summed E-state index contributed by atoms with van der Waals surface area (Å²) in [4.78, 5) is 0. The van der Waals surface area contributed by atoms with Crippen molar-refractivity contribution in [3.8, 4) is 0 Å². The van der Waals surface area contributed by atoms with Crippen molar-refractivity contribution >= 4 is 13.3 Å². The van der Waals surface area contributed by atoms with Crippen LogP contribution in [0.25, 0.3) is 0 Å². The minimum Gasteiger partial charge on any atom is -0.385 e. The lowest BCUT2D eigenvalue weighted by molar-refractivity contribution is -0.00581. The number of ether oxygens (including phenoxy) is 1. The summed E-state index contributed by atoms with van der Waals surface area (Å²) in [6.07, 6.45) is 3.27. The molecule has 0 heterocycles. The standard InChI is InChI=1S/C21H28O2Si/c1-4-23-20(21(22)18-12-7-5-8-13-18)16-11-17-24(2,3)19-14-9-6-10-15-19/h5-16,20-22H,4,17H2,1-3H3/b16-11+/t20-,21-/m0/s1. The first-order valence-electron chi connectivity index (χ1n) is 8.61. The first kappa shape index (κ1) is 18.7. The van der Waals surface area contributed by atoms with E-state index in [2.05, 4.69) is 49.5 Å². The van der Waals surface area contributed by atoms with Crippen LogP contribution >= 0.6 is 0 Å². The molecule has 0 saturated carbocycles. The van der Waals surface area contributed by atoms with E-state index in [1.807, 2.05) is 43.3 Å². The molecule has 0 aliphatic carbocycles. The van der Waals surface area contributed by atoms with Gasteiger partial charge in [0.05, 0.1) is 8.07 Å². The molecule has 0 aliphatic rings. The molecule has 1 N–H and O–H groups in total. The average molecular weight is 341 g/mol. The molecule has 24 heavy (non-hydrogen) atoms. The molecule has 0 fully saturated rings. The van der Waals surface area contributed by atoms with Gasteiger partial charge in [-0.1, -0.05) is 91.1 Å². The molecule has 0 spiro atoms. The van der Waals surface area contributed by atoms with E-state index in [4.69, 9.17) is 4.74 Å². The molecule has 2 aromatic carbocycles. The Kier molecular flexibility index (Phi) is 6.97. The SMILES string of the molecule is CCO[C@@H](/C=C/C[Si](C)(C)c1ccccc1)[C@@H](O)c1ccccc1. The zero-order valence-corrected chi connectivity index (χ0v) is 15.9. The predicted octanol–water partition coefficient (Wildman–Crippen LogP) is 4.30. The minimum absolute atomic E-state index is 0.307. The van der Waals surface area contributed by atoms with Crippen LogP contribution in [-0.2, 0) is 4.74 Å². The molecule has 3 heteroatoms. The van der Waals surface area contributed by atoms with E-state index in [1.165, 1.54) is 5.19 Å². The van der Waals surface area contributed by atoms with Gasteiger partial charge >= 0.3 is 0 Å². The Labute approximate surface area is 146 Å². The third kappa shape index (κ3) is 5.16. The summed E-state index contributed by atoms with van der Waals surface area (Å²) in [5.41, 5.74) is 0.889. The fraction of sp³-hybridized carbons (Fsp3) is 0.333. The summed E-state index contributed by atoms with van der Waals surface area (Å²) in [5.74, 6) is 0. The Morgan fingerprint density at radius 3 is 2.17 bits per heavy atom. The van der Waals surface area contributed by atoms with E-state index in [9.17, 15) is 5.11 Å². The number of rotatable bonds is 8. The van der Waals surface area contributed by atoms with Crippen molar-refractivity contribution in [2.24, 2.45) is 0 Å². The van der Waals surface area contributed by atoms with E-state index < -0.39 is 14.2 Å². The number of benzene rings is 2. The van der Waals surface area contributed by atoms with E-state index >= 15 is 0 Å². The van der Waals surface area contributed by atoms with Gasteiger partial charge in [-0.3, -0.25) is 0 Å². The van der Waals surface area contributed by atoms with Gasteiger partial charge in [0.15, 0.2) is 0 Å². The van der Waals surface area contributed by atoms with Gasteiger partial charge in [0.25, 0.3) is 0 Å². The van der Waals surface area contributed by atoms with Gasteiger partial charge in [-0.05, 0) is 18.5 Å². The molecule has 0 saturated heterocycles. The largest absolute Gasteiger partial charge is 0.385 e. The summed E-state index contributed by atoms with van der Waals surface area (Å²) in [6, 6.07) is 21.5. The molecule has 2 atom stereocenters. The number of allylic oxidation sites excluding steroid dienone is 1. The summed E-state index contributed by atoms with van der Waals surface area (Å²) in [6.45, 7) is 7.28. The van der Waals surface area contributed by atoms with Gasteiger partial charge < -0.3 is 9.84 Å². The maximum Gasteiger partial charge on any atom is 0.109 e. The molecule has 0 radical (unpaired) electrons. The highest BCUT2D eigenvalue weighted by Gasteiger charge is 2.22. The van der Waals surface area contributed by atoms with Gasteiger partial charge in [0, 0.05) is 6.61 Å². The summed E-state index contributed by atoms with van der Waals surface area (Å²) in [5, 5.41) is 12.0. The topological polar surface area (TPSA) is 29.5 Å². The molecule has 0 aliphatic heterocycles. The third-order valence-corrected chi connectivity index (χ3v) is 7.47. The maximum absolute atomic E-state index is 10.6. The van der Waals surface area contributed by atoms with Crippen LogP contribution in [0.15, 0.2) is 72.8 Å². The van der Waals surface area contributed by atoms with Gasteiger partial charge in [-0.2, -0.15) is 0 Å². The fourth-order valence-corrected chi connectivity index (χ4v) is 4.84. The molecule has 0 unspecified atom stereocenters. The first-order chi connectivity index (χ1) is 11.5. The Morgan fingerprint density at radius 1 is 1.00 bits per heavy atom. The second-order valence-electron chi connectivity index (χ2n) is 6.66. The molecule has 2 aromatic rings. The van der Waals surface area contributed by atoms with Gasteiger partial charge in [0.1, 0.15) is 12.2 Å². The van der Waals surface area contributed by atoms with Crippen molar-refractivity contribution in [3.63, 3.8) is 0 Å². The van der Waals surface area contributed by atoms with Gasteiger partial charge in [0.2, 0.25) is 0 Å². The molecule has 0 amide bonds. The smallest absolute Gasteiger partial charge is 0.109 e. The normalized spacial score (nSPS) is 14.7. The highest BCUT2D eigenvalue weighted by atomic mass is 28.3. The van der Waals surface area contributed by atoms with Gasteiger partial charge in [-0.25, -0.2) is 0 Å². The molecule has 2 rings (SSSR count). The van der Waals surface area contributed by atoms with Crippen molar-refractivity contribution in [1.82, 2.24) is 0 Å². The van der Waals surface area contributed by atoms with Crippen LogP contribution in [0.1, 0.15) is 18.6 Å². The van der Waals surface area contributed by atoms with Crippen molar-refractivity contribution in [3.05, 3.63) is 78.4 Å². The molecule has 128 valence electrons.